The smallest absolute Gasteiger partial charge is 0.246 e. The second kappa shape index (κ2) is 13.3. The number of nitrogens with one attached hydrogen (secondary N) is 2. The Balaban J connectivity index is 1.24. The van der Waals surface area contributed by atoms with E-state index in [2.05, 4.69) is 48.4 Å². The van der Waals surface area contributed by atoms with Crippen LogP contribution in [0, 0.1) is 23.7 Å². The number of hydrogen-bond acceptors (Lipinski definition) is 5. The van der Waals surface area contributed by atoms with Gasteiger partial charge in [-0.25, -0.2) is 0 Å². The van der Waals surface area contributed by atoms with E-state index in [4.69, 9.17) is 16.3 Å². The molecule has 1 spiro atoms. The molecule has 3 heterocycles. The summed E-state index contributed by atoms with van der Waals surface area (Å²) in [5, 5.41) is 6.80. The van der Waals surface area contributed by atoms with E-state index in [1.54, 1.807) is 29.2 Å². The number of halogens is 1. The highest BCUT2D eigenvalue weighted by molar-refractivity contribution is 6.30. The zero-order chi connectivity index (χ0) is 31.7. The van der Waals surface area contributed by atoms with E-state index < -0.39 is 29.6 Å². The Bertz CT molecular complexity index is 1440. The van der Waals surface area contributed by atoms with Crippen LogP contribution in [0.15, 0.2) is 66.7 Å². The van der Waals surface area contributed by atoms with Crippen LogP contribution in [0.4, 0.5) is 5.69 Å². The number of benzene rings is 2. The standard InChI is InChI=1S/C36H45ClN4O4/c1-4-40(22-25-12-6-5-7-13-25)19-10-20-41-32(34(43)39-28-16-8-11-23(2)24(28)3)36-18-17-29(45-36)30(31(36)35(41)44)33(42)38-27-15-9-14-26(37)21-27/h5-7,9,12-15,17-18,21,23-24,28-32H,4,8,10-11,16,19-20,22H2,1-3H3,(H,38,42)(H,39,43). The molecular formula is C36H45ClN4O4. The molecule has 0 aromatic heterocycles. The van der Waals surface area contributed by atoms with E-state index in [-0.39, 0.29) is 23.8 Å². The first-order valence-corrected chi connectivity index (χ1v) is 16.9. The van der Waals surface area contributed by atoms with Gasteiger partial charge in [0.2, 0.25) is 17.7 Å². The summed E-state index contributed by atoms with van der Waals surface area (Å²) in [4.78, 5) is 46.5. The van der Waals surface area contributed by atoms with Crippen molar-refractivity contribution >= 4 is 35.0 Å². The van der Waals surface area contributed by atoms with Gasteiger partial charge in [-0.15, -0.1) is 0 Å². The lowest BCUT2D eigenvalue weighted by Gasteiger charge is -2.38. The van der Waals surface area contributed by atoms with Crippen molar-refractivity contribution in [2.24, 2.45) is 23.7 Å². The molecule has 6 rings (SSSR count). The van der Waals surface area contributed by atoms with Gasteiger partial charge >= 0.3 is 0 Å². The van der Waals surface area contributed by atoms with Crippen LogP contribution in [0.25, 0.3) is 0 Å². The van der Waals surface area contributed by atoms with Crippen molar-refractivity contribution in [1.82, 2.24) is 15.1 Å². The Morgan fingerprint density at radius 2 is 1.89 bits per heavy atom. The molecule has 2 aromatic carbocycles. The van der Waals surface area contributed by atoms with E-state index in [9.17, 15) is 14.4 Å². The lowest BCUT2D eigenvalue weighted by Crippen LogP contribution is -2.58. The van der Waals surface area contributed by atoms with Gasteiger partial charge in [0.05, 0.1) is 17.9 Å². The molecule has 0 radical (unpaired) electrons. The number of amides is 3. The zero-order valence-corrected chi connectivity index (χ0v) is 27.2. The normalized spacial score (nSPS) is 31.8. The lowest BCUT2D eigenvalue weighted by atomic mass is 9.73. The maximum Gasteiger partial charge on any atom is 0.246 e. The van der Waals surface area contributed by atoms with Gasteiger partial charge in [-0.05, 0) is 55.0 Å². The van der Waals surface area contributed by atoms with Gasteiger partial charge in [-0.1, -0.05) is 93.8 Å². The Hall–Kier alpha value is -3.20. The summed E-state index contributed by atoms with van der Waals surface area (Å²) >= 11 is 6.17. The molecule has 2 saturated heterocycles. The summed E-state index contributed by atoms with van der Waals surface area (Å²) in [6.07, 6.45) is 7.00. The number of carbonyl (C=O) groups is 3. The maximum atomic E-state index is 14.4. The molecule has 1 saturated carbocycles. The summed E-state index contributed by atoms with van der Waals surface area (Å²) in [5.41, 5.74) is 0.616. The van der Waals surface area contributed by atoms with E-state index in [1.807, 2.05) is 30.4 Å². The minimum absolute atomic E-state index is 0.0413. The Morgan fingerprint density at radius 3 is 2.64 bits per heavy atom. The van der Waals surface area contributed by atoms with Crippen molar-refractivity contribution < 1.29 is 19.1 Å². The second-order valence-electron chi connectivity index (χ2n) is 13.3. The van der Waals surface area contributed by atoms with Crippen LogP contribution in [0.3, 0.4) is 0 Å². The van der Waals surface area contributed by atoms with Gasteiger partial charge in [-0.3, -0.25) is 19.3 Å². The zero-order valence-electron chi connectivity index (χ0n) is 26.5. The number of hydrogen-bond donors (Lipinski definition) is 2. The highest BCUT2D eigenvalue weighted by Crippen LogP contribution is 2.55. The molecule has 3 aliphatic heterocycles. The fraction of sp³-hybridized carbons (Fsp3) is 0.528. The number of ether oxygens (including phenoxy) is 1. The van der Waals surface area contributed by atoms with Crippen molar-refractivity contribution in [1.29, 1.82) is 0 Å². The number of carbonyl (C=O) groups excluding carboxylic acids is 3. The Labute approximate surface area is 271 Å². The molecular weight excluding hydrogens is 588 g/mol. The van der Waals surface area contributed by atoms with Crippen LogP contribution in [0.5, 0.6) is 0 Å². The third-order valence-corrected chi connectivity index (χ3v) is 10.9. The molecule has 3 amide bonds. The fourth-order valence-corrected chi connectivity index (χ4v) is 8.19. The molecule has 8 unspecified atom stereocenters. The van der Waals surface area contributed by atoms with Crippen molar-refractivity contribution in [3.63, 3.8) is 0 Å². The summed E-state index contributed by atoms with van der Waals surface area (Å²) < 4.78 is 6.55. The fourth-order valence-electron chi connectivity index (χ4n) is 8.00. The van der Waals surface area contributed by atoms with E-state index in [1.165, 1.54) is 5.56 Å². The van der Waals surface area contributed by atoms with Gasteiger partial charge < -0.3 is 20.3 Å². The number of rotatable bonds is 11. The third-order valence-electron chi connectivity index (χ3n) is 10.6. The molecule has 2 bridgehead atoms. The van der Waals surface area contributed by atoms with E-state index in [0.717, 1.165) is 38.9 Å². The van der Waals surface area contributed by atoms with E-state index in [0.29, 0.717) is 35.5 Å². The number of anilines is 1. The maximum absolute atomic E-state index is 14.4. The van der Waals surface area contributed by atoms with E-state index >= 15 is 0 Å². The second-order valence-corrected chi connectivity index (χ2v) is 13.8. The monoisotopic (exact) mass is 632 g/mol. The average molecular weight is 633 g/mol. The van der Waals surface area contributed by atoms with Crippen LogP contribution >= 0.6 is 11.6 Å². The summed E-state index contributed by atoms with van der Waals surface area (Å²) in [5.74, 6) is -1.36. The predicted molar refractivity (Wildman–Crippen MR) is 175 cm³/mol. The van der Waals surface area contributed by atoms with Crippen molar-refractivity contribution in [3.05, 3.63) is 77.3 Å². The van der Waals surface area contributed by atoms with Crippen LogP contribution in [-0.4, -0.2) is 70.9 Å². The molecule has 2 N–H and O–H groups in total. The summed E-state index contributed by atoms with van der Waals surface area (Å²) in [6.45, 7) is 9.45. The quantitative estimate of drug-likeness (QED) is 0.329. The molecule has 3 fully saturated rings. The molecule has 9 heteroatoms. The van der Waals surface area contributed by atoms with Crippen molar-refractivity contribution in [2.75, 3.05) is 25.0 Å². The Morgan fingerprint density at radius 1 is 1.09 bits per heavy atom. The SMILES string of the molecule is CCN(CCCN1C(=O)C2C(C(=O)Nc3cccc(Cl)c3)C3C=CC2(O3)C1C(=O)NC1CCCC(C)C1C)Cc1ccccc1. The Kier molecular flexibility index (Phi) is 9.37. The van der Waals surface area contributed by atoms with Crippen LogP contribution < -0.4 is 10.6 Å². The number of nitrogens with zero attached hydrogens (tertiary/aromatic N) is 2. The minimum atomic E-state index is -1.18. The average Bonchev–Trinajstić information content (AvgIpc) is 3.67. The van der Waals surface area contributed by atoms with Gasteiger partial charge in [0.1, 0.15) is 11.6 Å². The highest BCUT2D eigenvalue weighted by Gasteiger charge is 2.72. The predicted octanol–water partition coefficient (Wildman–Crippen LogP) is 5.28. The molecule has 1 aliphatic carbocycles. The van der Waals surface area contributed by atoms with Gasteiger partial charge in [0.25, 0.3) is 0 Å². The van der Waals surface area contributed by atoms with Crippen molar-refractivity contribution in [3.8, 4) is 0 Å². The molecule has 8 atom stereocenters. The minimum Gasteiger partial charge on any atom is -0.359 e. The molecule has 240 valence electrons. The largest absolute Gasteiger partial charge is 0.359 e. The van der Waals surface area contributed by atoms with Crippen LogP contribution in [0.1, 0.15) is 52.0 Å². The van der Waals surface area contributed by atoms with Gasteiger partial charge in [0.15, 0.2) is 0 Å². The summed E-state index contributed by atoms with van der Waals surface area (Å²) in [6, 6.07) is 16.5. The van der Waals surface area contributed by atoms with Gasteiger partial charge in [-0.2, -0.15) is 0 Å². The van der Waals surface area contributed by atoms with Crippen LogP contribution in [-0.2, 0) is 25.7 Å². The first-order chi connectivity index (χ1) is 21.7. The first kappa shape index (κ1) is 31.8. The third kappa shape index (κ3) is 6.17. The molecule has 4 aliphatic rings. The lowest BCUT2D eigenvalue weighted by molar-refractivity contribution is -0.141. The number of likely N-dealkylation sites (tertiary alicyclic amines) is 1. The van der Waals surface area contributed by atoms with Crippen molar-refractivity contribution in [2.45, 2.75) is 76.8 Å². The first-order valence-electron chi connectivity index (χ1n) is 16.5. The summed E-state index contributed by atoms with van der Waals surface area (Å²) in [7, 11) is 0. The molecule has 45 heavy (non-hydrogen) atoms. The molecule has 8 nitrogen and oxygen atoms in total. The van der Waals surface area contributed by atoms with Gasteiger partial charge in [0, 0.05) is 36.4 Å². The topological polar surface area (TPSA) is 91.0 Å². The number of fused-ring (bicyclic) bond motifs is 1. The van der Waals surface area contributed by atoms with Crippen LogP contribution in [0.2, 0.25) is 5.02 Å². The highest BCUT2D eigenvalue weighted by atomic mass is 35.5. The molecule has 2 aromatic rings.